The van der Waals surface area contributed by atoms with E-state index >= 15 is 0 Å². The van der Waals surface area contributed by atoms with Crippen LogP contribution in [0.4, 0.5) is 15.9 Å². The van der Waals surface area contributed by atoms with Gasteiger partial charge in [0.1, 0.15) is 16.8 Å². The van der Waals surface area contributed by atoms with Crippen molar-refractivity contribution in [1.29, 1.82) is 0 Å². The highest BCUT2D eigenvalue weighted by molar-refractivity contribution is 6.30. The zero-order valence-corrected chi connectivity index (χ0v) is 12.9. The second-order valence-electron chi connectivity index (χ2n) is 5.13. The zero-order chi connectivity index (χ0) is 15.7. The number of anilines is 2. The van der Waals surface area contributed by atoms with Gasteiger partial charge in [0.05, 0.1) is 18.8 Å². The average Bonchev–Trinajstić information content (AvgIpc) is 2.51. The molecule has 1 saturated heterocycles. The predicted molar refractivity (Wildman–Crippen MR) is 84.6 cm³/mol. The summed E-state index contributed by atoms with van der Waals surface area (Å²) in [6.07, 6.45) is 0. The lowest BCUT2D eigenvalue weighted by Gasteiger charge is -2.29. The molecule has 5 nitrogen and oxygen atoms in total. The minimum atomic E-state index is -0.465. The Balaban J connectivity index is 2.07. The lowest BCUT2D eigenvalue weighted by atomic mass is 10.1. The van der Waals surface area contributed by atoms with Crippen molar-refractivity contribution in [2.75, 3.05) is 36.9 Å². The van der Waals surface area contributed by atoms with Crippen LogP contribution in [0.3, 0.4) is 0 Å². The van der Waals surface area contributed by atoms with Crippen LogP contribution in [0.2, 0.25) is 5.15 Å². The van der Waals surface area contributed by atoms with E-state index < -0.39 is 5.82 Å². The van der Waals surface area contributed by atoms with Crippen molar-refractivity contribution in [2.45, 2.75) is 6.92 Å². The third-order valence-corrected chi connectivity index (χ3v) is 3.97. The van der Waals surface area contributed by atoms with Gasteiger partial charge in [-0.15, -0.1) is 0 Å². The first-order valence-electron chi connectivity index (χ1n) is 6.98. The topological polar surface area (TPSA) is 64.3 Å². The van der Waals surface area contributed by atoms with E-state index in [-0.39, 0.29) is 11.4 Å². The van der Waals surface area contributed by atoms with Gasteiger partial charge in [0.25, 0.3) is 0 Å². The summed E-state index contributed by atoms with van der Waals surface area (Å²) >= 11 is 6.22. The second kappa shape index (κ2) is 6.06. The van der Waals surface area contributed by atoms with Gasteiger partial charge in [-0.3, -0.25) is 0 Å². The zero-order valence-electron chi connectivity index (χ0n) is 12.1. The summed E-state index contributed by atoms with van der Waals surface area (Å²) in [6, 6.07) is 4.43. The van der Waals surface area contributed by atoms with Crippen molar-refractivity contribution in [1.82, 2.24) is 9.97 Å². The number of hydrogen-bond donors (Lipinski definition) is 1. The lowest BCUT2D eigenvalue weighted by Crippen LogP contribution is -2.37. The molecule has 22 heavy (non-hydrogen) atoms. The largest absolute Gasteiger partial charge is 0.399 e. The Morgan fingerprint density at radius 3 is 2.68 bits per heavy atom. The summed E-state index contributed by atoms with van der Waals surface area (Å²) in [5.41, 5.74) is 7.00. The normalized spacial score (nSPS) is 15.1. The minimum absolute atomic E-state index is 0.259. The molecular weight excluding hydrogens is 307 g/mol. The highest BCUT2D eigenvalue weighted by Gasteiger charge is 2.20. The Morgan fingerprint density at radius 1 is 1.27 bits per heavy atom. The van der Waals surface area contributed by atoms with Crippen LogP contribution in [0.25, 0.3) is 11.4 Å². The molecular formula is C15H16ClFN4O. The molecule has 3 rings (SSSR count). The summed E-state index contributed by atoms with van der Waals surface area (Å²) in [6.45, 7) is 4.56. The van der Waals surface area contributed by atoms with E-state index in [0.29, 0.717) is 24.1 Å². The smallest absolute Gasteiger partial charge is 0.166 e. The Hall–Kier alpha value is -1.92. The quantitative estimate of drug-likeness (QED) is 0.680. The van der Waals surface area contributed by atoms with Crippen LogP contribution >= 0.6 is 11.6 Å². The van der Waals surface area contributed by atoms with Crippen molar-refractivity contribution >= 4 is 23.1 Å². The number of halogens is 2. The highest BCUT2D eigenvalue weighted by atomic mass is 35.5. The molecule has 0 bridgehead atoms. The SMILES string of the molecule is Cc1c(Cl)nc(-c2ccc(N)cc2F)nc1N1CCOCC1. The lowest BCUT2D eigenvalue weighted by molar-refractivity contribution is 0.122. The summed E-state index contributed by atoms with van der Waals surface area (Å²) in [7, 11) is 0. The number of nitrogens with zero attached hydrogens (tertiary/aromatic N) is 3. The van der Waals surface area contributed by atoms with Gasteiger partial charge in [0, 0.05) is 24.3 Å². The maximum absolute atomic E-state index is 14.1. The maximum atomic E-state index is 14.1. The van der Waals surface area contributed by atoms with Gasteiger partial charge in [-0.05, 0) is 25.1 Å². The van der Waals surface area contributed by atoms with Gasteiger partial charge < -0.3 is 15.4 Å². The summed E-state index contributed by atoms with van der Waals surface area (Å²) < 4.78 is 19.5. The van der Waals surface area contributed by atoms with Crippen LogP contribution in [0.15, 0.2) is 18.2 Å². The fourth-order valence-electron chi connectivity index (χ4n) is 2.39. The van der Waals surface area contributed by atoms with Gasteiger partial charge in [-0.25, -0.2) is 14.4 Å². The van der Waals surface area contributed by atoms with E-state index in [1.807, 2.05) is 6.92 Å². The summed E-state index contributed by atoms with van der Waals surface area (Å²) in [4.78, 5) is 10.8. The van der Waals surface area contributed by atoms with Crippen molar-refractivity contribution in [2.24, 2.45) is 0 Å². The molecule has 0 aliphatic carbocycles. The molecule has 2 N–H and O–H groups in total. The first kappa shape index (κ1) is 15.0. The maximum Gasteiger partial charge on any atom is 0.166 e. The van der Waals surface area contributed by atoms with E-state index in [1.54, 1.807) is 12.1 Å². The number of ether oxygens (including phenoxy) is 1. The first-order chi connectivity index (χ1) is 10.6. The molecule has 1 fully saturated rings. The molecule has 1 aliphatic heterocycles. The van der Waals surface area contributed by atoms with Crippen LogP contribution in [0.1, 0.15) is 5.56 Å². The Bertz CT molecular complexity index is 704. The van der Waals surface area contributed by atoms with E-state index in [0.717, 1.165) is 24.5 Å². The van der Waals surface area contributed by atoms with Gasteiger partial charge in [0.15, 0.2) is 5.82 Å². The third-order valence-electron chi connectivity index (χ3n) is 3.61. The standard InChI is InChI=1S/C15H16ClFN4O/c1-9-13(16)19-14(11-3-2-10(18)8-12(11)17)20-15(9)21-4-6-22-7-5-21/h2-3,8H,4-7,18H2,1H3. The molecule has 116 valence electrons. The number of hydrogen-bond acceptors (Lipinski definition) is 5. The number of aromatic nitrogens is 2. The summed E-state index contributed by atoms with van der Waals surface area (Å²) in [5.74, 6) is 0.511. The number of benzene rings is 1. The molecule has 1 aromatic carbocycles. The molecule has 0 unspecified atom stereocenters. The molecule has 2 heterocycles. The van der Waals surface area contributed by atoms with Crippen molar-refractivity contribution < 1.29 is 9.13 Å². The van der Waals surface area contributed by atoms with Crippen molar-refractivity contribution in [3.05, 3.63) is 34.7 Å². The minimum Gasteiger partial charge on any atom is -0.399 e. The Kier molecular flexibility index (Phi) is 4.13. The van der Waals surface area contributed by atoms with E-state index in [1.165, 1.54) is 6.07 Å². The van der Waals surface area contributed by atoms with Gasteiger partial charge in [0.2, 0.25) is 0 Å². The Morgan fingerprint density at radius 2 is 2.00 bits per heavy atom. The second-order valence-corrected chi connectivity index (χ2v) is 5.48. The van der Waals surface area contributed by atoms with Gasteiger partial charge in [-0.2, -0.15) is 0 Å². The van der Waals surface area contributed by atoms with E-state index in [2.05, 4.69) is 14.9 Å². The van der Waals surface area contributed by atoms with Crippen LogP contribution < -0.4 is 10.6 Å². The molecule has 0 amide bonds. The van der Waals surface area contributed by atoms with Gasteiger partial charge >= 0.3 is 0 Å². The fourth-order valence-corrected chi connectivity index (χ4v) is 2.56. The van der Waals surface area contributed by atoms with Gasteiger partial charge in [-0.1, -0.05) is 11.6 Å². The molecule has 0 atom stereocenters. The van der Waals surface area contributed by atoms with Crippen molar-refractivity contribution in [3.8, 4) is 11.4 Å². The number of rotatable bonds is 2. The molecule has 0 spiro atoms. The molecule has 1 aromatic heterocycles. The number of nitrogen functional groups attached to an aromatic ring is 1. The first-order valence-corrected chi connectivity index (χ1v) is 7.36. The van der Waals surface area contributed by atoms with Crippen LogP contribution in [0, 0.1) is 12.7 Å². The molecule has 7 heteroatoms. The van der Waals surface area contributed by atoms with Crippen LogP contribution in [0.5, 0.6) is 0 Å². The number of morpholine rings is 1. The molecule has 2 aromatic rings. The van der Waals surface area contributed by atoms with Crippen LogP contribution in [-0.4, -0.2) is 36.3 Å². The molecule has 0 radical (unpaired) electrons. The number of nitrogens with two attached hydrogens (primary N) is 1. The average molecular weight is 323 g/mol. The van der Waals surface area contributed by atoms with Crippen molar-refractivity contribution in [3.63, 3.8) is 0 Å². The fraction of sp³-hybridized carbons (Fsp3) is 0.333. The molecule has 1 aliphatic rings. The van der Waals surface area contributed by atoms with Crippen LogP contribution in [-0.2, 0) is 4.74 Å². The highest BCUT2D eigenvalue weighted by Crippen LogP contribution is 2.29. The molecule has 0 saturated carbocycles. The Labute approximate surface area is 132 Å². The van der Waals surface area contributed by atoms with E-state index in [9.17, 15) is 4.39 Å². The summed E-state index contributed by atoms with van der Waals surface area (Å²) in [5, 5.41) is 0.322. The van der Waals surface area contributed by atoms with E-state index in [4.69, 9.17) is 22.1 Å². The monoisotopic (exact) mass is 322 g/mol. The third kappa shape index (κ3) is 2.84. The predicted octanol–water partition coefficient (Wildman–Crippen LogP) is 2.66.